The number of rotatable bonds is 5. The van der Waals surface area contributed by atoms with Gasteiger partial charge in [0, 0.05) is 23.1 Å². The van der Waals surface area contributed by atoms with Crippen LogP contribution in [0.2, 0.25) is 0 Å². The van der Waals surface area contributed by atoms with Crippen LogP contribution < -0.4 is 14.5 Å². The summed E-state index contributed by atoms with van der Waals surface area (Å²) in [6, 6.07) is 6.50. The predicted molar refractivity (Wildman–Crippen MR) is 79.6 cm³/mol. The molecule has 0 spiro atoms. The third-order valence-electron chi connectivity index (χ3n) is 3.07. The molecule has 6 nitrogen and oxygen atoms in total. The zero-order chi connectivity index (χ0) is 14.7. The number of benzene rings is 1. The van der Waals surface area contributed by atoms with Crippen molar-refractivity contribution in [1.29, 1.82) is 0 Å². The van der Waals surface area contributed by atoms with Crippen LogP contribution in [0.4, 0.5) is 11.4 Å². The van der Waals surface area contributed by atoms with Gasteiger partial charge in [-0.15, -0.1) is 0 Å². The Hall–Kier alpha value is -2.07. The van der Waals surface area contributed by atoms with Crippen LogP contribution in [0.15, 0.2) is 23.3 Å². The lowest BCUT2D eigenvalue weighted by Gasteiger charge is -2.24. The first kappa shape index (κ1) is 14.3. The van der Waals surface area contributed by atoms with E-state index in [1.807, 2.05) is 18.2 Å². The number of hydrogen-bond acceptors (Lipinski definition) is 4. The lowest BCUT2D eigenvalue weighted by atomic mass is 10.2. The summed E-state index contributed by atoms with van der Waals surface area (Å²) in [6.45, 7) is 11.9. The lowest BCUT2D eigenvalue weighted by molar-refractivity contribution is 0.329. The first-order chi connectivity index (χ1) is 9.54. The van der Waals surface area contributed by atoms with Gasteiger partial charge in [0.05, 0.1) is 11.4 Å². The van der Waals surface area contributed by atoms with Crippen LogP contribution in [-0.2, 0) is 0 Å². The number of nitrogens with zero attached hydrogens (tertiary/aromatic N) is 5. The highest BCUT2D eigenvalue weighted by Gasteiger charge is 2.31. The second-order valence-corrected chi connectivity index (χ2v) is 5.18. The van der Waals surface area contributed by atoms with Gasteiger partial charge in [0.2, 0.25) is 6.67 Å². The predicted octanol–water partition coefficient (Wildman–Crippen LogP) is 3.77. The number of anilines is 2. The van der Waals surface area contributed by atoms with Crippen molar-refractivity contribution in [3.8, 4) is 5.75 Å². The summed E-state index contributed by atoms with van der Waals surface area (Å²) in [5.41, 5.74) is 10.4. The Kier molecular flexibility index (Phi) is 4.25. The largest absolute Gasteiger partial charge is 0.487 e. The molecule has 0 saturated carbocycles. The highest BCUT2D eigenvalue weighted by atomic mass is 16.5. The Bertz CT molecular complexity index is 522. The summed E-state index contributed by atoms with van der Waals surface area (Å²) < 4.78 is 5.40. The van der Waals surface area contributed by atoms with Gasteiger partial charge >= 0.3 is 0 Å². The van der Waals surface area contributed by atoms with Crippen LogP contribution in [0, 0.1) is 6.67 Å². The van der Waals surface area contributed by atoms with Crippen LogP contribution in [-0.4, -0.2) is 18.8 Å². The van der Waals surface area contributed by atoms with E-state index in [1.165, 1.54) is 0 Å². The van der Waals surface area contributed by atoms with E-state index in [9.17, 15) is 0 Å². The molecular weight excluding hydrogens is 254 g/mol. The van der Waals surface area contributed by atoms with Crippen LogP contribution >= 0.6 is 0 Å². The highest BCUT2D eigenvalue weighted by Crippen LogP contribution is 2.42. The number of ether oxygens (including phenoxy) is 1. The van der Waals surface area contributed by atoms with E-state index >= 15 is 0 Å². The van der Waals surface area contributed by atoms with Crippen molar-refractivity contribution < 1.29 is 4.74 Å². The molecule has 0 saturated heterocycles. The van der Waals surface area contributed by atoms with Gasteiger partial charge < -0.3 is 14.5 Å². The summed E-state index contributed by atoms with van der Waals surface area (Å²) in [5, 5.41) is 3.38. The Morgan fingerprint density at radius 2 is 1.85 bits per heavy atom. The zero-order valence-corrected chi connectivity index (χ0v) is 12.2. The van der Waals surface area contributed by atoms with Crippen molar-refractivity contribution in [2.45, 2.75) is 39.8 Å². The van der Waals surface area contributed by atoms with Gasteiger partial charge in [0.15, 0.2) is 6.73 Å². The summed E-state index contributed by atoms with van der Waals surface area (Å²) >= 11 is 0. The molecule has 0 aliphatic carbocycles. The second-order valence-electron chi connectivity index (χ2n) is 5.18. The van der Waals surface area contributed by atoms with Crippen molar-refractivity contribution in [2.75, 3.05) is 16.5 Å². The molecule has 2 radical (unpaired) electrons. The van der Waals surface area contributed by atoms with Crippen molar-refractivity contribution >= 4 is 11.4 Å². The molecule has 2 rings (SSSR count). The van der Waals surface area contributed by atoms with E-state index in [1.54, 1.807) is 0 Å². The summed E-state index contributed by atoms with van der Waals surface area (Å²) in [4.78, 5) is 6.88. The molecule has 0 fully saturated rings. The maximum absolute atomic E-state index is 8.26. The maximum Gasteiger partial charge on any atom is 0.209 e. The molecule has 0 N–H and O–H groups in total. The molecule has 1 aromatic carbocycles. The monoisotopic (exact) mass is 273 g/mol. The lowest BCUT2D eigenvalue weighted by Crippen LogP contribution is -2.33. The SMILES string of the molecule is CC(C)N1[C]N(C(C)C)c2cc(OCN=[N+]=[N-])ccc21. The fourth-order valence-corrected chi connectivity index (χ4v) is 2.13. The average Bonchev–Trinajstić information content (AvgIpc) is 2.78. The van der Waals surface area contributed by atoms with E-state index < -0.39 is 0 Å². The van der Waals surface area contributed by atoms with E-state index in [0.29, 0.717) is 17.8 Å². The molecule has 20 heavy (non-hydrogen) atoms. The average molecular weight is 273 g/mol. The van der Waals surface area contributed by atoms with Gasteiger partial charge in [-0.05, 0) is 45.4 Å². The van der Waals surface area contributed by atoms with Crippen LogP contribution in [0.5, 0.6) is 5.75 Å². The fraction of sp³-hybridized carbons (Fsp3) is 0.500. The maximum atomic E-state index is 8.26. The Morgan fingerprint density at radius 3 is 2.45 bits per heavy atom. The fourth-order valence-electron chi connectivity index (χ4n) is 2.13. The summed E-state index contributed by atoms with van der Waals surface area (Å²) in [5.74, 6) is 0.689. The van der Waals surface area contributed by atoms with E-state index in [2.05, 4.69) is 54.2 Å². The molecule has 0 bridgehead atoms. The minimum Gasteiger partial charge on any atom is -0.487 e. The molecular formula is C14H19N5O. The molecule has 1 aliphatic rings. The van der Waals surface area contributed by atoms with E-state index in [0.717, 1.165) is 11.4 Å². The summed E-state index contributed by atoms with van der Waals surface area (Å²) in [7, 11) is 0. The molecule has 1 heterocycles. The minimum atomic E-state index is -0.00170. The molecule has 106 valence electrons. The zero-order valence-electron chi connectivity index (χ0n) is 12.2. The van der Waals surface area contributed by atoms with Crippen molar-refractivity contribution in [3.05, 3.63) is 35.3 Å². The van der Waals surface area contributed by atoms with Crippen LogP contribution in [0.25, 0.3) is 10.4 Å². The Morgan fingerprint density at radius 1 is 1.20 bits per heavy atom. The van der Waals surface area contributed by atoms with Crippen molar-refractivity contribution in [3.63, 3.8) is 0 Å². The molecule has 0 amide bonds. The third kappa shape index (κ3) is 2.75. The van der Waals surface area contributed by atoms with E-state index in [-0.39, 0.29) is 6.73 Å². The van der Waals surface area contributed by atoms with Gasteiger partial charge in [-0.2, -0.15) is 0 Å². The van der Waals surface area contributed by atoms with Gasteiger partial charge in [0.1, 0.15) is 5.75 Å². The molecule has 6 heteroatoms. The first-order valence-electron chi connectivity index (χ1n) is 6.67. The Balaban J connectivity index is 2.29. The van der Waals surface area contributed by atoms with Gasteiger partial charge in [-0.1, -0.05) is 5.11 Å². The molecule has 1 aromatic rings. The third-order valence-corrected chi connectivity index (χ3v) is 3.07. The minimum absolute atomic E-state index is 0.00170. The first-order valence-corrected chi connectivity index (χ1v) is 6.67. The van der Waals surface area contributed by atoms with E-state index in [4.69, 9.17) is 10.3 Å². The number of hydrogen-bond donors (Lipinski definition) is 0. The molecule has 0 aromatic heterocycles. The standard InChI is InChI=1S/C14H19N5O/c1-10(2)18-9-19(11(3)4)14-7-12(5-6-13(14)18)20-8-16-17-15/h5-7,10-11H,8H2,1-4H3. The van der Waals surface area contributed by atoms with Crippen molar-refractivity contribution in [1.82, 2.24) is 0 Å². The Labute approximate surface area is 119 Å². The molecule has 1 aliphatic heterocycles. The smallest absolute Gasteiger partial charge is 0.209 e. The van der Waals surface area contributed by atoms with Crippen LogP contribution in [0.3, 0.4) is 0 Å². The number of azide groups is 1. The normalized spacial score (nSPS) is 13.7. The second kappa shape index (κ2) is 5.92. The topological polar surface area (TPSA) is 64.5 Å². The van der Waals surface area contributed by atoms with Crippen LogP contribution in [0.1, 0.15) is 27.7 Å². The quantitative estimate of drug-likeness (QED) is 0.466. The van der Waals surface area contributed by atoms with Crippen molar-refractivity contribution in [2.24, 2.45) is 5.11 Å². The van der Waals surface area contributed by atoms with Gasteiger partial charge in [-0.3, -0.25) is 0 Å². The van der Waals surface area contributed by atoms with Gasteiger partial charge in [0.25, 0.3) is 0 Å². The highest BCUT2D eigenvalue weighted by molar-refractivity contribution is 5.80. The summed E-state index contributed by atoms with van der Waals surface area (Å²) in [6.07, 6.45) is 0. The van der Waals surface area contributed by atoms with Gasteiger partial charge in [-0.25, -0.2) is 0 Å². The number of fused-ring (bicyclic) bond motifs is 1. The molecule has 0 atom stereocenters. The molecule has 0 unspecified atom stereocenters.